The van der Waals surface area contributed by atoms with Crippen LogP contribution in [0, 0.1) is 11.7 Å². The lowest BCUT2D eigenvalue weighted by atomic mass is 9.99. The Morgan fingerprint density at radius 1 is 1.40 bits per heavy atom. The highest BCUT2D eigenvalue weighted by atomic mass is 19.1. The van der Waals surface area contributed by atoms with Crippen molar-refractivity contribution in [2.24, 2.45) is 5.92 Å². The summed E-state index contributed by atoms with van der Waals surface area (Å²) in [5, 5.41) is 3.50. The summed E-state index contributed by atoms with van der Waals surface area (Å²) in [5.74, 6) is 0.333. The zero-order valence-corrected chi connectivity index (χ0v) is 11.9. The van der Waals surface area contributed by atoms with Crippen LogP contribution in [-0.4, -0.2) is 25.0 Å². The van der Waals surface area contributed by atoms with E-state index in [1.54, 1.807) is 12.1 Å². The number of hydrogen-bond acceptors (Lipinski definition) is 2. The Bertz CT molecular complexity index is 513. The van der Waals surface area contributed by atoms with Crippen LogP contribution < -0.4 is 10.2 Å². The van der Waals surface area contributed by atoms with Crippen molar-refractivity contribution in [1.82, 2.24) is 5.32 Å². The van der Waals surface area contributed by atoms with E-state index < -0.39 is 0 Å². The molecular weight excluding hydrogens is 255 g/mol. The van der Waals surface area contributed by atoms with Crippen LogP contribution in [0.2, 0.25) is 0 Å². The predicted octanol–water partition coefficient (Wildman–Crippen LogP) is 2.49. The van der Waals surface area contributed by atoms with Gasteiger partial charge in [-0.15, -0.1) is 0 Å². The molecule has 1 heterocycles. The highest BCUT2D eigenvalue weighted by molar-refractivity contribution is 5.96. The van der Waals surface area contributed by atoms with Gasteiger partial charge >= 0.3 is 0 Å². The van der Waals surface area contributed by atoms with Crippen molar-refractivity contribution >= 4 is 11.6 Å². The first-order valence-corrected chi connectivity index (χ1v) is 7.45. The van der Waals surface area contributed by atoms with Crippen LogP contribution in [0.4, 0.5) is 10.1 Å². The van der Waals surface area contributed by atoms with E-state index in [2.05, 4.69) is 12.2 Å². The van der Waals surface area contributed by atoms with Gasteiger partial charge in [0.05, 0.1) is 0 Å². The maximum atomic E-state index is 13.3. The molecule has 108 valence electrons. The standard InChI is InChI=1S/C16H21FN2O/c1-11(9-18-14-4-5-14)10-19-15-6-3-13(17)8-12(15)2-7-16(19)20/h3,6,8,11,14,18H,2,4-5,7,9-10H2,1H3. The molecule has 3 nitrogen and oxygen atoms in total. The van der Waals surface area contributed by atoms with Gasteiger partial charge in [-0.3, -0.25) is 4.79 Å². The summed E-state index contributed by atoms with van der Waals surface area (Å²) in [4.78, 5) is 14.0. The van der Waals surface area contributed by atoms with Crippen LogP contribution in [0.3, 0.4) is 0 Å². The maximum absolute atomic E-state index is 13.3. The van der Waals surface area contributed by atoms with E-state index in [0.717, 1.165) is 17.8 Å². The highest BCUT2D eigenvalue weighted by Gasteiger charge is 2.26. The van der Waals surface area contributed by atoms with E-state index in [1.165, 1.54) is 18.9 Å². The first-order valence-electron chi connectivity index (χ1n) is 7.45. The van der Waals surface area contributed by atoms with E-state index in [9.17, 15) is 9.18 Å². The fourth-order valence-electron chi connectivity index (χ4n) is 2.76. The van der Waals surface area contributed by atoms with E-state index in [-0.39, 0.29) is 11.7 Å². The number of nitrogens with zero attached hydrogens (tertiary/aromatic N) is 1. The molecular formula is C16H21FN2O. The molecule has 1 aliphatic carbocycles. The minimum Gasteiger partial charge on any atom is -0.314 e. The molecule has 1 atom stereocenters. The zero-order valence-electron chi connectivity index (χ0n) is 11.9. The topological polar surface area (TPSA) is 32.3 Å². The summed E-state index contributed by atoms with van der Waals surface area (Å²) in [6.07, 6.45) is 3.69. The second-order valence-electron chi connectivity index (χ2n) is 6.07. The van der Waals surface area contributed by atoms with Crippen LogP contribution in [-0.2, 0) is 11.2 Å². The molecule has 0 spiro atoms. The van der Waals surface area contributed by atoms with E-state index in [0.29, 0.717) is 31.3 Å². The predicted molar refractivity (Wildman–Crippen MR) is 77.3 cm³/mol. The Hall–Kier alpha value is -1.42. The number of aryl methyl sites for hydroxylation is 1. The fourth-order valence-corrected chi connectivity index (χ4v) is 2.76. The van der Waals surface area contributed by atoms with Gasteiger partial charge in [-0.25, -0.2) is 4.39 Å². The molecule has 3 rings (SSSR count). The van der Waals surface area contributed by atoms with Gasteiger partial charge in [0.1, 0.15) is 5.82 Å². The summed E-state index contributed by atoms with van der Waals surface area (Å²) in [6.45, 7) is 3.79. The number of hydrogen-bond donors (Lipinski definition) is 1. The summed E-state index contributed by atoms with van der Waals surface area (Å²) in [6, 6.07) is 5.43. The van der Waals surface area contributed by atoms with Crippen molar-refractivity contribution in [1.29, 1.82) is 0 Å². The zero-order chi connectivity index (χ0) is 14.1. The van der Waals surface area contributed by atoms with Gasteiger partial charge in [0.15, 0.2) is 0 Å². The summed E-state index contributed by atoms with van der Waals surface area (Å²) >= 11 is 0. The molecule has 1 amide bonds. The number of carbonyl (C=O) groups excluding carboxylic acids is 1. The molecule has 1 saturated carbocycles. The molecule has 1 unspecified atom stereocenters. The van der Waals surface area contributed by atoms with Crippen molar-refractivity contribution in [3.63, 3.8) is 0 Å². The lowest BCUT2D eigenvalue weighted by molar-refractivity contribution is -0.119. The van der Waals surface area contributed by atoms with Gasteiger partial charge in [-0.05, 0) is 55.5 Å². The van der Waals surface area contributed by atoms with Crippen LogP contribution >= 0.6 is 0 Å². The first kappa shape index (κ1) is 13.6. The monoisotopic (exact) mass is 276 g/mol. The molecule has 1 aromatic rings. The first-order chi connectivity index (χ1) is 9.63. The third kappa shape index (κ3) is 3.01. The molecule has 1 fully saturated rings. The molecule has 0 aromatic heterocycles. The average Bonchev–Trinajstić information content (AvgIpc) is 3.24. The van der Waals surface area contributed by atoms with Gasteiger partial charge in [0.25, 0.3) is 0 Å². The molecule has 0 bridgehead atoms. The van der Waals surface area contributed by atoms with Crippen molar-refractivity contribution in [3.8, 4) is 0 Å². The van der Waals surface area contributed by atoms with Crippen molar-refractivity contribution in [2.45, 2.75) is 38.6 Å². The Morgan fingerprint density at radius 2 is 2.20 bits per heavy atom. The number of amides is 1. The minimum absolute atomic E-state index is 0.155. The average molecular weight is 276 g/mol. The lowest BCUT2D eigenvalue weighted by Crippen LogP contribution is -2.40. The van der Waals surface area contributed by atoms with Gasteiger partial charge in [0.2, 0.25) is 5.91 Å². The quantitative estimate of drug-likeness (QED) is 0.896. The largest absolute Gasteiger partial charge is 0.314 e. The molecule has 2 aliphatic rings. The van der Waals surface area contributed by atoms with Gasteiger partial charge in [-0.2, -0.15) is 0 Å². The summed E-state index contributed by atoms with van der Waals surface area (Å²) in [7, 11) is 0. The van der Waals surface area contributed by atoms with Gasteiger partial charge in [0, 0.05) is 24.7 Å². The molecule has 20 heavy (non-hydrogen) atoms. The third-order valence-corrected chi connectivity index (χ3v) is 4.07. The molecule has 0 saturated heterocycles. The van der Waals surface area contributed by atoms with Crippen LogP contribution in [0.15, 0.2) is 18.2 Å². The number of rotatable bonds is 5. The van der Waals surface area contributed by atoms with E-state index in [4.69, 9.17) is 0 Å². The smallest absolute Gasteiger partial charge is 0.227 e. The number of nitrogens with one attached hydrogen (secondary N) is 1. The molecule has 1 aromatic carbocycles. The maximum Gasteiger partial charge on any atom is 0.227 e. The molecule has 4 heteroatoms. The number of halogens is 1. The van der Waals surface area contributed by atoms with Crippen LogP contribution in [0.5, 0.6) is 0 Å². The molecule has 1 aliphatic heterocycles. The highest BCUT2D eigenvalue weighted by Crippen LogP contribution is 2.29. The number of carbonyl (C=O) groups is 1. The number of benzene rings is 1. The van der Waals surface area contributed by atoms with Crippen LogP contribution in [0.25, 0.3) is 0 Å². The van der Waals surface area contributed by atoms with Gasteiger partial charge < -0.3 is 10.2 Å². The second-order valence-corrected chi connectivity index (χ2v) is 6.07. The van der Waals surface area contributed by atoms with Crippen molar-refractivity contribution in [2.75, 3.05) is 18.0 Å². The van der Waals surface area contributed by atoms with Crippen molar-refractivity contribution in [3.05, 3.63) is 29.6 Å². The third-order valence-electron chi connectivity index (χ3n) is 4.07. The second kappa shape index (κ2) is 5.52. The number of anilines is 1. The SMILES string of the molecule is CC(CNC1CC1)CN1C(=O)CCc2cc(F)ccc21. The fraction of sp³-hybridized carbons (Fsp3) is 0.562. The van der Waals surface area contributed by atoms with Gasteiger partial charge in [-0.1, -0.05) is 6.92 Å². The molecule has 1 N–H and O–H groups in total. The van der Waals surface area contributed by atoms with Crippen LogP contribution in [0.1, 0.15) is 31.7 Å². The van der Waals surface area contributed by atoms with E-state index >= 15 is 0 Å². The lowest BCUT2D eigenvalue weighted by Gasteiger charge is -2.31. The Labute approximate surface area is 119 Å². The Kier molecular flexibility index (Phi) is 3.74. The summed E-state index contributed by atoms with van der Waals surface area (Å²) < 4.78 is 13.3. The summed E-state index contributed by atoms with van der Waals surface area (Å²) in [5.41, 5.74) is 1.84. The molecule has 0 radical (unpaired) electrons. The van der Waals surface area contributed by atoms with Crippen molar-refractivity contribution < 1.29 is 9.18 Å². The van der Waals surface area contributed by atoms with E-state index in [1.807, 2.05) is 4.90 Å². The minimum atomic E-state index is -0.221. The Balaban J connectivity index is 1.69. The number of fused-ring (bicyclic) bond motifs is 1. The Morgan fingerprint density at radius 3 is 2.95 bits per heavy atom. The normalized spacial score (nSPS) is 19.9.